The van der Waals surface area contributed by atoms with Gasteiger partial charge in [0.15, 0.2) is 0 Å². The highest BCUT2D eigenvalue weighted by Gasteiger charge is 2.31. The second-order valence-electron chi connectivity index (χ2n) is 5.20. The van der Waals surface area contributed by atoms with Crippen LogP contribution in [0.5, 0.6) is 0 Å². The van der Waals surface area contributed by atoms with Crippen molar-refractivity contribution < 1.29 is 9.90 Å². The van der Waals surface area contributed by atoms with Crippen LogP contribution in [0.3, 0.4) is 0 Å². The summed E-state index contributed by atoms with van der Waals surface area (Å²) in [6.07, 6.45) is 1.69. The van der Waals surface area contributed by atoms with Gasteiger partial charge in [-0.25, -0.2) is 4.79 Å². The number of hydrogen-bond donors (Lipinski definition) is 2. The smallest absolute Gasteiger partial charge is 0.321 e. The van der Waals surface area contributed by atoms with E-state index in [1.807, 2.05) is 13.0 Å². The van der Waals surface area contributed by atoms with Crippen LogP contribution in [0.15, 0.2) is 18.2 Å². The van der Waals surface area contributed by atoms with Crippen LogP contribution in [-0.2, 0) is 0 Å². The number of nitrogens with zero attached hydrogens (tertiary/aromatic N) is 1. The number of benzene rings is 1. The monoisotopic (exact) mass is 282 g/mol. The molecule has 0 aliphatic heterocycles. The quantitative estimate of drug-likeness (QED) is 0.892. The van der Waals surface area contributed by atoms with E-state index in [1.165, 1.54) is 4.90 Å². The van der Waals surface area contributed by atoms with Crippen molar-refractivity contribution in [1.82, 2.24) is 4.90 Å². The first kappa shape index (κ1) is 14.2. The summed E-state index contributed by atoms with van der Waals surface area (Å²) in [6, 6.07) is 5.21. The Morgan fingerprint density at radius 1 is 1.58 bits per heavy atom. The largest absolute Gasteiger partial charge is 0.391 e. The van der Waals surface area contributed by atoms with Crippen molar-refractivity contribution in [3.05, 3.63) is 28.8 Å². The average Bonchev–Trinajstić information content (AvgIpc) is 3.16. The Hall–Kier alpha value is -1.26. The zero-order valence-corrected chi connectivity index (χ0v) is 11.9. The molecule has 1 aliphatic carbocycles. The third kappa shape index (κ3) is 3.85. The number of carbonyl (C=O) groups excluding carboxylic acids is 1. The number of rotatable bonds is 4. The van der Waals surface area contributed by atoms with Crippen LogP contribution >= 0.6 is 11.6 Å². The molecule has 19 heavy (non-hydrogen) atoms. The van der Waals surface area contributed by atoms with Crippen LogP contribution in [0.1, 0.15) is 18.4 Å². The molecule has 0 heterocycles. The lowest BCUT2D eigenvalue weighted by Gasteiger charge is -2.21. The summed E-state index contributed by atoms with van der Waals surface area (Å²) in [6.45, 7) is 2.29. The highest BCUT2D eigenvalue weighted by Crippen LogP contribution is 2.32. The summed E-state index contributed by atoms with van der Waals surface area (Å²) < 4.78 is 0. The highest BCUT2D eigenvalue weighted by atomic mass is 35.5. The SMILES string of the molecule is Cc1ccc(NC(=O)N(C)CC(O)C2CC2)c(Cl)c1. The van der Waals surface area contributed by atoms with Crippen LogP contribution in [-0.4, -0.2) is 35.7 Å². The molecule has 1 atom stereocenters. The third-order valence-electron chi connectivity index (χ3n) is 3.34. The number of carbonyl (C=O) groups is 1. The van der Waals surface area contributed by atoms with E-state index in [0.29, 0.717) is 23.2 Å². The number of amides is 2. The molecule has 0 saturated heterocycles. The van der Waals surface area contributed by atoms with Gasteiger partial charge in [0.2, 0.25) is 0 Å². The number of hydrogen-bond acceptors (Lipinski definition) is 2. The lowest BCUT2D eigenvalue weighted by Crippen LogP contribution is -2.38. The van der Waals surface area contributed by atoms with E-state index in [2.05, 4.69) is 5.32 Å². The molecule has 1 unspecified atom stereocenters. The molecule has 4 nitrogen and oxygen atoms in total. The van der Waals surface area contributed by atoms with Gasteiger partial charge in [-0.15, -0.1) is 0 Å². The van der Waals surface area contributed by atoms with E-state index in [1.54, 1.807) is 19.2 Å². The van der Waals surface area contributed by atoms with Gasteiger partial charge in [0.25, 0.3) is 0 Å². The number of urea groups is 1. The number of aliphatic hydroxyl groups excluding tert-OH is 1. The van der Waals surface area contributed by atoms with Crippen molar-refractivity contribution >= 4 is 23.3 Å². The third-order valence-corrected chi connectivity index (χ3v) is 3.65. The fraction of sp³-hybridized carbons (Fsp3) is 0.500. The van der Waals surface area contributed by atoms with E-state index < -0.39 is 6.10 Å². The molecule has 0 bridgehead atoms. The van der Waals surface area contributed by atoms with Crippen molar-refractivity contribution in [2.45, 2.75) is 25.9 Å². The molecule has 0 spiro atoms. The van der Waals surface area contributed by atoms with Gasteiger partial charge in [-0.3, -0.25) is 0 Å². The van der Waals surface area contributed by atoms with E-state index in [4.69, 9.17) is 11.6 Å². The topological polar surface area (TPSA) is 52.6 Å². The van der Waals surface area contributed by atoms with Gasteiger partial charge in [-0.1, -0.05) is 17.7 Å². The molecule has 2 N–H and O–H groups in total. The zero-order valence-electron chi connectivity index (χ0n) is 11.2. The zero-order chi connectivity index (χ0) is 14.0. The second-order valence-corrected chi connectivity index (χ2v) is 5.61. The molecular weight excluding hydrogens is 264 g/mol. The Bertz CT molecular complexity index is 475. The minimum Gasteiger partial charge on any atom is -0.391 e. The first-order valence-corrected chi connectivity index (χ1v) is 6.81. The van der Waals surface area contributed by atoms with Crippen molar-refractivity contribution in [3.63, 3.8) is 0 Å². The highest BCUT2D eigenvalue weighted by molar-refractivity contribution is 6.33. The second kappa shape index (κ2) is 5.80. The molecule has 1 fully saturated rings. The molecule has 0 aromatic heterocycles. The van der Waals surface area contributed by atoms with E-state index in [9.17, 15) is 9.90 Å². The molecule has 0 radical (unpaired) electrons. The Kier molecular flexibility index (Phi) is 4.32. The molecule has 2 rings (SSSR count). The summed E-state index contributed by atoms with van der Waals surface area (Å²) >= 11 is 6.06. The van der Waals surface area contributed by atoms with Crippen LogP contribution in [0, 0.1) is 12.8 Å². The summed E-state index contributed by atoms with van der Waals surface area (Å²) in [5.41, 5.74) is 1.63. The van der Waals surface area contributed by atoms with Gasteiger partial charge in [0.1, 0.15) is 0 Å². The lowest BCUT2D eigenvalue weighted by molar-refractivity contribution is 0.117. The lowest BCUT2D eigenvalue weighted by atomic mass is 10.2. The Labute approximate surface area is 118 Å². The first-order valence-electron chi connectivity index (χ1n) is 6.43. The molecule has 1 saturated carbocycles. The van der Waals surface area contributed by atoms with E-state index in [0.717, 1.165) is 18.4 Å². The molecular formula is C14H19ClN2O2. The summed E-state index contributed by atoms with van der Waals surface area (Å²) in [5.74, 6) is 0.359. The van der Waals surface area contributed by atoms with Gasteiger partial charge in [-0.2, -0.15) is 0 Å². The van der Waals surface area contributed by atoms with Crippen molar-refractivity contribution in [3.8, 4) is 0 Å². The van der Waals surface area contributed by atoms with E-state index >= 15 is 0 Å². The maximum Gasteiger partial charge on any atom is 0.321 e. The predicted octanol–water partition coefficient (Wildman–Crippen LogP) is 2.88. The van der Waals surface area contributed by atoms with Crippen molar-refractivity contribution in [2.75, 3.05) is 18.9 Å². The van der Waals surface area contributed by atoms with Gasteiger partial charge < -0.3 is 15.3 Å². The maximum absolute atomic E-state index is 12.0. The standard InChI is InChI=1S/C14H19ClN2O2/c1-9-3-6-12(11(15)7-9)16-14(19)17(2)8-13(18)10-4-5-10/h3,6-7,10,13,18H,4-5,8H2,1-2H3,(H,16,19). The summed E-state index contributed by atoms with van der Waals surface area (Å²) in [4.78, 5) is 13.5. The van der Waals surface area contributed by atoms with Gasteiger partial charge >= 0.3 is 6.03 Å². The van der Waals surface area contributed by atoms with Crippen LogP contribution < -0.4 is 5.32 Å². The van der Waals surface area contributed by atoms with Gasteiger partial charge in [-0.05, 0) is 43.4 Å². The Balaban J connectivity index is 1.91. The Morgan fingerprint density at radius 3 is 2.84 bits per heavy atom. The summed E-state index contributed by atoms with van der Waals surface area (Å²) in [7, 11) is 1.67. The maximum atomic E-state index is 12.0. The Morgan fingerprint density at radius 2 is 2.26 bits per heavy atom. The molecule has 1 aromatic carbocycles. The number of aliphatic hydroxyl groups is 1. The van der Waals surface area contributed by atoms with Crippen molar-refractivity contribution in [1.29, 1.82) is 0 Å². The van der Waals surface area contributed by atoms with Gasteiger partial charge in [0.05, 0.1) is 16.8 Å². The average molecular weight is 283 g/mol. The van der Waals surface area contributed by atoms with Gasteiger partial charge in [0, 0.05) is 13.6 Å². The normalized spacial score (nSPS) is 16.0. The summed E-state index contributed by atoms with van der Waals surface area (Å²) in [5, 5.41) is 13.1. The molecule has 2 amide bonds. The fourth-order valence-corrected chi connectivity index (χ4v) is 2.21. The minimum atomic E-state index is -0.427. The van der Waals surface area contributed by atoms with E-state index in [-0.39, 0.29) is 6.03 Å². The number of nitrogens with one attached hydrogen (secondary N) is 1. The van der Waals surface area contributed by atoms with Crippen LogP contribution in [0.2, 0.25) is 5.02 Å². The number of likely N-dealkylation sites (N-methyl/N-ethyl adjacent to an activating group) is 1. The first-order chi connectivity index (χ1) is 8.97. The predicted molar refractivity (Wildman–Crippen MR) is 76.6 cm³/mol. The minimum absolute atomic E-state index is 0.259. The number of anilines is 1. The number of halogens is 1. The molecule has 1 aromatic rings. The molecule has 1 aliphatic rings. The number of aryl methyl sites for hydroxylation is 1. The molecule has 104 valence electrons. The van der Waals surface area contributed by atoms with Crippen LogP contribution in [0.25, 0.3) is 0 Å². The molecule has 5 heteroatoms. The fourth-order valence-electron chi connectivity index (χ4n) is 1.93. The van der Waals surface area contributed by atoms with Crippen LogP contribution in [0.4, 0.5) is 10.5 Å². The van der Waals surface area contributed by atoms with Crippen molar-refractivity contribution in [2.24, 2.45) is 5.92 Å².